The van der Waals surface area contributed by atoms with Gasteiger partial charge in [-0.25, -0.2) is 9.97 Å². The Hall–Kier alpha value is -7.48. The van der Waals surface area contributed by atoms with E-state index in [2.05, 4.69) is 167 Å². The van der Waals surface area contributed by atoms with E-state index in [0.29, 0.717) is 44.1 Å². The van der Waals surface area contributed by atoms with E-state index in [1.54, 1.807) is 24.3 Å². The van der Waals surface area contributed by atoms with E-state index in [0.717, 1.165) is 112 Å². The van der Waals surface area contributed by atoms with Crippen molar-refractivity contribution in [2.45, 2.75) is 26.2 Å². The molecule has 0 fully saturated rings. The topological polar surface area (TPSA) is 138 Å². The molecule has 7 aromatic rings. The fourth-order valence-electron chi connectivity index (χ4n) is 9.93. The normalized spacial score (nSPS) is 13.1. The van der Waals surface area contributed by atoms with Gasteiger partial charge in [0.1, 0.15) is 49.2 Å². The average Bonchev–Trinajstić information content (AvgIpc) is 4.11. The Balaban J connectivity index is 1.45. The molecule has 2 aliphatic rings. The largest absolute Gasteiger partial charge is 0.507 e. The summed E-state index contributed by atoms with van der Waals surface area (Å²) in [5.74, 6) is 0.937. The Morgan fingerprint density at radius 3 is 0.722 bits per heavy atom. The maximum Gasteiger partial charge on any atom is 0.124 e. The van der Waals surface area contributed by atoms with Crippen LogP contribution < -0.4 is 0 Å². The summed E-state index contributed by atoms with van der Waals surface area (Å²) in [7, 11) is 25.3. The molecule has 72 heavy (non-hydrogen) atoms. The highest BCUT2D eigenvalue weighted by molar-refractivity contribution is 6.00. The first-order valence-electron chi connectivity index (χ1n) is 24.4. The van der Waals surface area contributed by atoms with Crippen LogP contribution in [0, 0.1) is 0 Å². The van der Waals surface area contributed by atoms with E-state index >= 15 is 0 Å². The molecule has 2 aliphatic heterocycles. The number of nitrogens with zero attached hydrogens (tertiary/aromatic N) is 6. The van der Waals surface area contributed by atoms with Gasteiger partial charge in [-0.2, -0.15) is 0 Å². The molecule has 0 unspecified atom stereocenters. The molecule has 0 radical (unpaired) electrons. The number of hydrogen-bond acceptors (Lipinski definition) is 6. The summed E-state index contributed by atoms with van der Waals surface area (Å²) in [6, 6.07) is 31.5. The van der Waals surface area contributed by atoms with Gasteiger partial charge in [-0.1, -0.05) is 24.3 Å². The molecule has 12 nitrogen and oxygen atoms in total. The average molecular weight is 967 g/mol. The minimum absolute atomic E-state index is 0.234. The number of quaternary nitrogens is 4. The van der Waals surface area contributed by atoms with Crippen molar-refractivity contribution < 1.29 is 38.4 Å². The molecule has 8 bridgehead atoms. The number of rotatable bonds is 12. The first-order valence-corrected chi connectivity index (χ1v) is 24.4. The summed E-state index contributed by atoms with van der Waals surface area (Å²) < 4.78 is 2.48. The lowest BCUT2D eigenvalue weighted by Gasteiger charge is -2.24. The molecule has 0 spiro atoms. The van der Waals surface area contributed by atoms with Crippen LogP contribution in [-0.4, -0.2) is 143 Å². The highest BCUT2D eigenvalue weighted by Crippen LogP contribution is 2.41. The third-order valence-electron chi connectivity index (χ3n) is 12.8. The number of aromatic nitrogens is 4. The van der Waals surface area contributed by atoms with Gasteiger partial charge in [0.15, 0.2) is 0 Å². The fourth-order valence-corrected chi connectivity index (χ4v) is 9.93. The van der Waals surface area contributed by atoms with Gasteiger partial charge in [0, 0.05) is 66.6 Å². The van der Waals surface area contributed by atoms with Crippen molar-refractivity contribution in [1.29, 1.82) is 0 Å². The van der Waals surface area contributed by atoms with Gasteiger partial charge in [0.05, 0.1) is 107 Å². The van der Waals surface area contributed by atoms with Crippen molar-refractivity contribution in [3.05, 3.63) is 142 Å². The molecule has 6 N–H and O–H groups in total. The van der Waals surface area contributed by atoms with E-state index in [4.69, 9.17) is 9.97 Å². The molecule has 0 amide bonds. The number of nitrogens with one attached hydrogen (secondary N) is 2. The van der Waals surface area contributed by atoms with Gasteiger partial charge in [-0.3, -0.25) is 0 Å². The number of benzene rings is 4. The number of phenols is 4. The zero-order chi connectivity index (χ0) is 51.7. The Kier molecular flexibility index (Phi) is 12.6. The molecule has 0 aliphatic carbocycles. The first kappa shape index (κ1) is 49.5. The van der Waals surface area contributed by atoms with Crippen LogP contribution in [0.5, 0.6) is 23.0 Å². The van der Waals surface area contributed by atoms with Gasteiger partial charge in [-0.05, 0) is 119 Å². The van der Waals surface area contributed by atoms with Gasteiger partial charge < -0.3 is 48.3 Å². The number of fused-ring (bicyclic) bond motifs is 8. The van der Waals surface area contributed by atoms with Crippen LogP contribution in [0.4, 0.5) is 0 Å². The minimum atomic E-state index is 0.234. The van der Waals surface area contributed by atoms with Crippen LogP contribution in [0.3, 0.4) is 0 Å². The Morgan fingerprint density at radius 1 is 0.319 bits per heavy atom. The molecule has 9 rings (SSSR count). The van der Waals surface area contributed by atoms with E-state index < -0.39 is 0 Å². The second-order valence-corrected chi connectivity index (χ2v) is 23.7. The maximum absolute atomic E-state index is 11.2. The molecule has 0 saturated heterocycles. The summed E-state index contributed by atoms with van der Waals surface area (Å²) in [6.45, 7) is 2.41. The van der Waals surface area contributed by atoms with Crippen LogP contribution in [0.15, 0.2) is 97.1 Å². The molecule has 0 saturated carbocycles. The summed E-state index contributed by atoms with van der Waals surface area (Å²) in [6.07, 6.45) is 8.23. The zero-order valence-corrected chi connectivity index (χ0v) is 43.8. The van der Waals surface area contributed by atoms with Crippen molar-refractivity contribution in [2.24, 2.45) is 0 Å². The van der Waals surface area contributed by atoms with Crippen LogP contribution in [0.1, 0.15) is 45.0 Å². The molecule has 5 heterocycles. The van der Waals surface area contributed by atoms with Crippen LogP contribution in [0.25, 0.3) is 90.9 Å². The molecule has 12 heteroatoms. The lowest BCUT2D eigenvalue weighted by atomic mass is 10.00. The number of aromatic hydroxyl groups is 4. The van der Waals surface area contributed by atoms with Gasteiger partial charge in [0.25, 0.3) is 0 Å². The second kappa shape index (κ2) is 18.3. The van der Waals surface area contributed by atoms with Crippen molar-refractivity contribution in [1.82, 2.24) is 19.9 Å². The lowest BCUT2D eigenvalue weighted by Crippen LogP contribution is -2.33. The van der Waals surface area contributed by atoms with Crippen molar-refractivity contribution >= 4 is 46.4 Å². The number of phenolic OH excluding ortho intramolecular Hbond substituents is 4. The second-order valence-electron chi connectivity index (χ2n) is 23.7. The van der Waals surface area contributed by atoms with Gasteiger partial charge in [-0.15, -0.1) is 0 Å². The zero-order valence-electron chi connectivity index (χ0n) is 43.8. The fraction of sp³-hybridized carbons (Fsp3) is 0.267. The lowest BCUT2D eigenvalue weighted by molar-refractivity contribution is -0.884. The summed E-state index contributed by atoms with van der Waals surface area (Å²) in [5, 5.41) is 45.0. The molecule has 0 atom stereocenters. The monoisotopic (exact) mass is 967 g/mol. The Morgan fingerprint density at radius 2 is 0.528 bits per heavy atom. The molecule has 4 aromatic carbocycles. The Labute approximate surface area is 423 Å². The standard InChI is InChI=1S/C60H66N8O4/c1-65(2,3)33-41-29-37(13-25-53(41)69)57-45-17-19-47(61-45)58(38-14-26-54(70)42(30-38)34-66(4,5)6)49-21-23-51(63-49)60(40-16-28-56(72)44(32-40)36-68(10,11)12)52-24-22-50(64-52)59(48-20-18-46(57)62-48)39-15-27-55(71)43(31-39)35-67(7,8)9/h13-32H,33-36H2,1-12H3,(H2-4,61,62,63,64,69,70,71,72)/p+4. The van der Waals surface area contributed by atoms with Crippen molar-refractivity contribution in [3.63, 3.8) is 0 Å². The maximum atomic E-state index is 11.2. The van der Waals surface area contributed by atoms with E-state index in [1.165, 1.54) is 0 Å². The highest BCUT2D eigenvalue weighted by Gasteiger charge is 2.24. The van der Waals surface area contributed by atoms with Crippen molar-refractivity contribution in [2.75, 3.05) is 84.6 Å². The SMILES string of the molecule is C[N+](C)(C)Cc1cc(-c2c3nc(c(-c4ccc(O)c(C[N+](C)(C)C)c4)c4ccc([nH]4)c(-c4ccc(O)c(C[N+](C)(C)C)c4)c4nc(c(-c5ccc(O)c(C[N+](C)(C)C)c5)c5ccc2[nH]5)C=C4)C=C3)ccc1O. The summed E-state index contributed by atoms with van der Waals surface area (Å²) in [5.41, 5.74) is 16.4. The van der Waals surface area contributed by atoms with Crippen LogP contribution in [0.2, 0.25) is 0 Å². The van der Waals surface area contributed by atoms with E-state index in [9.17, 15) is 20.4 Å². The highest BCUT2D eigenvalue weighted by atomic mass is 16.3. The molecule has 3 aromatic heterocycles. The smallest absolute Gasteiger partial charge is 0.124 e. The summed E-state index contributed by atoms with van der Waals surface area (Å²) in [4.78, 5) is 18.7. The predicted octanol–water partition coefficient (Wildman–Crippen LogP) is 11.0. The predicted molar refractivity (Wildman–Crippen MR) is 294 cm³/mol. The number of H-pyrrole nitrogens is 2. The van der Waals surface area contributed by atoms with E-state index in [1.807, 2.05) is 24.3 Å². The van der Waals surface area contributed by atoms with E-state index in [-0.39, 0.29) is 23.0 Å². The Bertz CT molecular complexity index is 3060. The van der Waals surface area contributed by atoms with Crippen molar-refractivity contribution in [3.8, 4) is 67.5 Å². The molecule has 370 valence electrons. The molecular formula is C60H70N8O4+4. The third-order valence-corrected chi connectivity index (χ3v) is 12.8. The molecular weight excluding hydrogens is 897 g/mol. The van der Waals surface area contributed by atoms with Crippen LogP contribution in [-0.2, 0) is 26.2 Å². The summed E-state index contributed by atoms with van der Waals surface area (Å²) >= 11 is 0. The van der Waals surface area contributed by atoms with Gasteiger partial charge in [0.2, 0.25) is 0 Å². The first-order chi connectivity index (χ1) is 33.8. The minimum Gasteiger partial charge on any atom is -0.507 e. The number of hydrogen-bond donors (Lipinski definition) is 6. The van der Waals surface area contributed by atoms with Crippen LogP contribution >= 0.6 is 0 Å². The third kappa shape index (κ3) is 10.7. The number of aromatic amines is 2. The van der Waals surface area contributed by atoms with Gasteiger partial charge >= 0.3 is 0 Å². The quantitative estimate of drug-likeness (QED) is 0.0675.